The van der Waals surface area contributed by atoms with Gasteiger partial charge < -0.3 is 15.4 Å². The lowest BCUT2D eigenvalue weighted by Gasteiger charge is -2.22. The molecule has 5 nitrogen and oxygen atoms in total. The molecule has 26 heavy (non-hydrogen) atoms. The summed E-state index contributed by atoms with van der Waals surface area (Å²) in [6.45, 7) is 4.10. The minimum absolute atomic E-state index is 0. The number of aryl methyl sites for hydroxylation is 1. The van der Waals surface area contributed by atoms with Crippen LogP contribution in [0.5, 0.6) is 5.75 Å². The summed E-state index contributed by atoms with van der Waals surface area (Å²) >= 11 is 1.54. The normalized spacial score (nSPS) is 20.3. The third-order valence-corrected chi connectivity index (χ3v) is 6.38. The maximum Gasteiger partial charge on any atom is 0.229 e. The van der Waals surface area contributed by atoms with E-state index in [4.69, 9.17) is 4.74 Å². The second kappa shape index (κ2) is 7.55. The predicted octanol–water partition coefficient (Wildman–Crippen LogP) is 3.88. The van der Waals surface area contributed by atoms with Crippen LogP contribution in [0, 0.1) is 18.3 Å². The number of carbonyl (C=O) groups is 1. The van der Waals surface area contributed by atoms with Crippen molar-refractivity contribution in [3.8, 4) is 17.0 Å². The lowest BCUT2D eigenvalue weighted by atomic mass is 9.92. The summed E-state index contributed by atoms with van der Waals surface area (Å²) in [6, 6.07) is 7.85. The van der Waals surface area contributed by atoms with Crippen molar-refractivity contribution in [3.63, 3.8) is 0 Å². The van der Waals surface area contributed by atoms with Gasteiger partial charge in [-0.15, -0.1) is 23.7 Å². The Bertz CT molecular complexity index is 785. The standard InChI is InChI=1S/C19H23N3O2S.ClH/c1-12-16(13-3-5-14(24-2)6-4-13)21-18(25-12)22-17(23)15-11-19(15)7-9-20-10-8-19;/h3-6,15,20H,7-11H2,1-2H3,(H,21,22,23);1H. The van der Waals surface area contributed by atoms with Crippen molar-refractivity contribution in [2.45, 2.75) is 26.2 Å². The molecule has 1 saturated heterocycles. The zero-order chi connectivity index (χ0) is 17.4. The molecule has 1 aromatic heterocycles. The van der Waals surface area contributed by atoms with Crippen LogP contribution in [0.2, 0.25) is 0 Å². The highest BCUT2D eigenvalue weighted by Crippen LogP contribution is 2.58. The van der Waals surface area contributed by atoms with E-state index in [2.05, 4.69) is 15.6 Å². The highest BCUT2D eigenvalue weighted by molar-refractivity contribution is 7.16. The number of nitrogens with zero attached hydrogens (tertiary/aromatic N) is 1. The fourth-order valence-corrected chi connectivity index (χ4v) is 4.69. The Balaban J connectivity index is 0.00000196. The van der Waals surface area contributed by atoms with E-state index in [1.807, 2.05) is 31.2 Å². The van der Waals surface area contributed by atoms with Gasteiger partial charge in [0.2, 0.25) is 5.91 Å². The number of nitrogens with one attached hydrogen (secondary N) is 2. The van der Waals surface area contributed by atoms with Crippen LogP contribution in [0.25, 0.3) is 11.3 Å². The largest absolute Gasteiger partial charge is 0.497 e. The average Bonchev–Trinajstić information content (AvgIpc) is 3.20. The molecule has 140 valence electrons. The van der Waals surface area contributed by atoms with E-state index in [0.717, 1.165) is 54.2 Å². The first-order valence-electron chi connectivity index (χ1n) is 8.75. The molecule has 1 spiro atoms. The molecule has 2 N–H and O–H groups in total. The third-order valence-electron chi connectivity index (χ3n) is 5.50. The fourth-order valence-electron chi connectivity index (χ4n) is 3.85. The molecule has 0 bridgehead atoms. The van der Waals surface area contributed by atoms with Gasteiger partial charge in [0.15, 0.2) is 5.13 Å². The molecule has 1 amide bonds. The monoisotopic (exact) mass is 393 g/mol. The van der Waals surface area contributed by atoms with E-state index in [-0.39, 0.29) is 29.6 Å². The van der Waals surface area contributed by atoms with Crippen molar-refractivity contribution in [1.29, 1.82) is 0 Å². The number of hydrogen-bond acceptors (Lipinski definition) is 5. The Morgan fingerprint density at radius 3 is 2.65 bits per heavy atom. The van der Waals surface area contributed by atoms with E-state index in [1.165, 1.54) is 0 Å². The molecule has 2 heterocycles. The van der Waals surface area contributed by atoms with Crippen LogP contribution in [0.1, 0.15) is 24.1 Å². The molecular formula is C19H24ClN3O2S. The van der Waals surface area contributed by atoms with Gasteiger partial charge in [-0.25, -0.2) is 4.98 Å². The zero-order valence-corrected chi connectivity index (χ0v) is 16.6. The van der Waals surface area contributed by atoms with Crippen LogP contribution in [-0.2, 0) is 4.79 Å². The number of amides is 1. The van der Waals surface area contributed by atoms with Crippen LogP contribution in [-0.4, -0.2) is 31.1 Å². The average molecular weight is 394 g/mol. The summed E-state index contributed by atoms with van der Waals surface area (Å²) in [6.07, 6.45) is 3.24. The van der Waals surface area contributed by atoms with Crippen LogP contribution >= 0.6 is 23.7 Å². The minimum Gasteiger partial charge on any atom is -0.497 e. The summed E-state index contributed by atoms with van der Waals surface area (Å²) in [4.78, 5) is 18.4. The molecule has 1 atom stereocenters. The quantitative estimate of drug-likeness (QED) is 0.827. The molecule has 1 unspecified atom stereocenters. The molecule has 7 heteroatoms. The second-order valence-corrected chi connectivity index (χ2v) is 8.21. The molecule has 1 aromatic carbocycles. The second-order valence-electron chi connectivity index (χ2n) is 7.01. The van der Waals surface area contributed by atoms with Crippen molar-refractivity contribution < 1.29 is 9.53 Å². The molecule has 2 aliphatic rings. The molecule has 1 aliphatic heterocycles. The number of hydrogen-bond donors (Lipinski definition) is 2. The van der Waals surface area contributed by atoms with Gasteiger partial charge in [-0.3, -0.25) is 4.79 Å². The molecular weight excluding hydrogens is 370 g/mol. The minimum atomic E-state index is 0. The van der Waals surface area contributed by atoms with Gasteiger partial charge in [0.25, 0.3) is 0 Å². The topological polar surface area (TPSA) is 63.2 Å². The van der Waals surface area contributed by atoms with E-state index in [0.29, 0.717) is 5.13 Å². The maximum atomic E-state index is 12.6. The lowest BCUT2D eigenvalue weighted by Crippen LogP contribution is -2.31. The fraction of sp³-hybridized carbons (Fsp3) is 0.474. The number of aromatic nitrogens is 1. The number of thiazole rings is 1. The Morgan fingerprint density at radius 2 is 2.00 bits per heavy atom. The van der Waals surface area contributed by atoms with Crippen LogP contribution in [0.4, 0.5) is 5.13 Å². The van der Waals surface area contributed by atoms with Crippen molar-refractivity contribution in [2.24, 2.45) is 11.3 Å². The number of piperidine rings is 1. The maximum absolute atomic E-state index is 12.6. The van der Waals surface area contributed by atoms with Gasteiger partial charge in [0.05, 0.1) is 12.8 Å². The predicted molar refractivity (Wildman–Crippen MR) is 107 cm³/mol. The van der Waals surface area contributed by atoms with Gasteiger partial charge >= 0.3 is 0 Å². The number of halogens is 1. The van der Waals surface area contributed by atoms with Gasteiger partial charge in [0, 0.05) is 16.4 Å². The first-order valence-corrected chi connectivity index (χ1v) is 9.56. The summed E-state index contributed by atoms with van der Waals surface area (Å²) < 4.78 is 5.20. The van der Waals surface area contributed by atoms with Gasteiger partial charge in [0.1, 0.15) is 5.75 Å². The number of methoxy groups -OCH3 is 1. The van der Waals surface area contributed by atoms with Crippen LogP contribution in [0.15, 0.2) is 24.3 Å². The van der Waals surface area contributed by atoms with Gasteiger partial charge in [-0.1, -0.05) is 0 Å². The van der Waals surface area contributed by atoms with Crippen molar-refractivity contribution >= 4 is 34.8 Å². The number of rotatable bonds is 4. The first-order chi connectivity index (χ1) is 12.1. The Hall–Kier alpha value is -1.63. The van der Waals surface area contributed by atoms with E-state index < -0.39 is 0 Å². The first kappa shape index (κ1) is 19.1. The lowest BCUT2D eigenvalue weighted by molar-refractivity contribution is -0.118. The van der Waals surface area contributed by atoms with E-state index in [1.54, 1.807) is 18.4 Å². The number of anilines is 1. The van der Waals surface area contributed by atoms with Crippen molar-refractivity contribution in [2.75, 3.05) is 25.5 Å². The highest BCUT2D eigenvalue weighted by atomic mass is 35.5. The third kappa shape index (κ3) is 3.59. The van der Waals surface area contributed by atoms with Crippen LogP contribution < -0.4 is 15.4 Å². The Labute approximate surface area is 164 Å². The van der Waals surface area contributed by atoms with Gasteiger partial charge in [-0.05, 0) is 69.0 Å². The molecule has 1 aliphatic carbocycles. The van der Waals surface area contributed by atoms with Crippen molar-refractivity contribution in [1.82, 2.24) is 10.3 Å². The number of carbonyl (C=O) groups excluding carboxylic acids is 1. The highest BCUT2D eigenvalue weighted by Gasteiger charge is 2.57. The molecule has 1 saturated carbocycles. The Kier molecular flexibility index (Phi) is 5.55. The molecule has 2 fully saturated rings. The molecule has 0 radical (unpaired) electrons. The summed E-state index contributed by atoms with van der Waals surface area (Å²) in [5.41, 5.74) is 2.21. The zero-order valence-electron chi connectivity index (χ0n) is 15.0. The van der Waals surface area contributed by atoms with E-state index in [9.17, 15) is 4.79 Å². The molecule has 2 aromatic rings. The van der Waals surface area contributed by atoms with Gasteiger partial charge in [-0.2, -0.15) is 0 Å². The molecule has 4 rings (SSSR count). The van der Waals surface area contributed by atoms with E-state index >= 15 is 0 Å². The summed E-state index contributed by atoms with van der Waals surface area (Å²) in [5.74, 6) is 1.12. The van der Waals surface area contributed by atoms with Crippen molar-refractivity contribution in [3.05, 3.63) is 29.1 Å². The summed E-state index contributed by atoms with van der Waals surface area (Å²) in [7, 11) is 1.66. The van der Waals surface area contributed by atoms with Crippen LogP contribution in [0.3, 0.4) is 0 Å². The smallest absolute Gasteiger partial charge is 0.229 e. The Morgan fingerprint density at radius 1 is 1.31 bits per heavy atom. The summed E-state index contributed by atoms with van der Waals surface area (Å²) in [5, 5.41) is 7.13. The SMILES string of the molecule is COc1ccc(-c2nc(NC(=O)C3CC34CCNCC4)sc2C)cc1.Cl. The number of ether oxygens (including phenoxy) is 1. The number of benzene rings is 1.